The van der Waals surface area contributed by atoms with Crippen LogP contribution in [0.15, 0.2) is 36.7 Å². The summed E-state index contributed by atoms with van der Waals surface area (Å²) in [6.45, 7) is 5.72. The molecule has 1 heterocycles. The summed E-state index contributed by atoms with van der Waals surface area (Å²) in [4.78, 5) is 16.5. The van der Waals surface area contributed by atoms with Crippen LogP contribution in [0.25, 0.3) is 0 Å². The lowest BCUT2D eigenvalue weighted by Crippen LogP contribution is -2.08. The second-order valence-corrected chi connectivity index (χ2v) is 5.30. The summed E-state index contributed by atoms with van der Waals surface area (Å²) in [5, 5.41) is 0.620. The number of carbonyl (C=O) groups is 1. The minimum absolute atomic E-state index is 0.0411. The molecule has 20 heavy (non-hydrogen) atoms. The van der Waals surface area contributed by atoms with Gasteiger partial charge in [-0.1, -0.05) is 11.6 Å². The summed E-state index contributed by atoms with van der Waals surface area (Å²) in [6, 6.07) is 6.93. The third-order valence-electron chi connectivity index (χ3n) is 2.78. The highest BCUT2D eigenvalue weighted by Gasteiger charge is 2.13. The zero-order valence-corrected chi connectivity index (χ0v) is 12.4. The number of carbonyl (C=O) groups excluding carboxylic acids is 1. The molecule has 0 bridgehead atoms. The van der Waals surface area contributed by atoms with Crippen molar-refractivity contribution in [2.75, 3.05) is 0 Å². The molecule has 0 aliphatic carbocycles. The SMILES string of the molecule is Cc1cc(Cl)ccc1C(=O)c1cncc(OC(C)C)c1. The molecular formula is C16H16ClNO2. The molecular weight excluding hydrogens is 274 g/mol. The number of benzene rings is 1. The Hall–Kier alpha value is -1.87. The summed E-state index contributed by atoms with van der Waals surface area (Å²) in [5.41, 5.74) is 1.98. The number of hydrogen-bond donors (Lipinski definition) is 0. The molecule has 0 amide bonds. The van der Waals surface area contributed by atoms with Gasteiger partial charge in [0.05, 0.1) is 12.3 Å². The highest BCUT2D eigenvalue weighted by atomic mass is 35.5. The number of halogens is 1. The molecule has 1 aromatic carbocycles. The van der Waals surface area contributed by atoms with Crippen molar-refractivity contribution >= 4 is 17.4 Å². The van der Waals surface area contributed by atoms with Crippen LogP contribution >= 0.6 is 11.6 Å². The van der Waals surface area contributed by atoms with Crippen LogP contribution in [0, 0.1) is 6.92 Å². The molecule has 0 aliphatic rings. The Morgan fingerprint density at radius 2 is 2.00 bits per heavy atom. The molecule has 1 aromatic heterocycles. The second-order valence-electron chi connectivity index (χ2n) is 4.86. The Morgan fingerprint density at radius 3 is 2.65 bits per heavy atom. The van der Waals surface area contributed by atoms with E-state index in [0.717, 1.165) is 5.56 Å². The molecule has 2 aromatic rings. The quantitative estimate of drug-likeness (QED) is 0.797. The Balaban J connectivity index is 2.33. The van der Waals surface area contributed by atoms with Crippen LogP contribution < -0.4 is 4.74 Å². The fraction of sp³-hybridized carbons (Fsp3) is 0.250. The normalized spacial score (nSPS) is 10.7. The Morgan fingerprint density at radius 1 is 1.25 bits per heavy atom. The van der Waals surface area contributed by atoms with Crippen molar-refractivity contribution in [1.29, 1.82) is 0 Å². The molecule has 2 rings (SSSR count). The van der Waals surface area contributed by atoms with Crippen molar-refractivity contribution in [3.05, 3.63) is 58.4 Å². The maximum atomic E-state index is 12.5. The van der Waals surface area contributed by atoms with Gasteiger partial charge in [0.25, 0.3) is 0 Å². The van der Waals surface area contributed by atoms with Crippen molar-refractivity contribution in [3.8, 4) is 5.75 Å². The zero-order chi connectivity index (χ0) is 14.7. The predicted octanol–water partition coefficient (Wildman–Crippen LogP) is 4.06. The van der Waals surface area contributed by atoms with Crippen LogP contribution in [0.4, 0.5) is 0 Å². The minimum Gasteiger partial charge on any atom is -0.489 e. The van der Waals surface area contributed by atoms with Crippen LogP contribution in [0.5, 0.6) is 5.75 Å². The van der Waals surface area contributed by atoms with Gasteiger partial charge < -0.3 is 4.74 Å². The van der Waals surface area contributed by atoms with Gasteiger partial charge in [0.15, 0.2) is 5.78 Å². The number of ether oxygens (including phenoxy) is 1. The molecule has 0 radical (unpaired) electrons. The first-order valence-electron chi connectivity index (χ1n) is 6.40. The van der Waals surface area contributed by atoms with E-state index in [-0.39, 0.29) is 11.9 Å². The van der Waals surface area contributed by atoms with Gasteiger partial charge in [-0.15, -0.1) is 0 Å². The van der Waals surface area contributed by atoms with E-state index in [1.807, 2.05) is 20.8 Å². The molecule has 0 aliphatic heterocycles. The fourth-order valence-electron chi connectivity index (χ4n) is 1.92. The Kier molecular flexibility index (Phi) is 4.40. The second kappa shape index (κ2) is 6.06. The Labute approximate surface area is 123 Å². The van der Waals surface area contributed by atoms with Crippen LogP contribution in [0.3, 0.4) is 0 Å². The van der Waals surface area contributed by atoms with Gasteiger partial charge in [-0.2, -0.15) is 0 Å². The smallest absolute Gasteiger partial charge is 0.194 e. The van der Waals surface area contributed by atoms with Crippen molar-refractivity contribution < 1.29 is 9.53 Å². The molecule has 0 atom stereocenters. The van der Waals surface area contributed by atoms with Gasteiger partial charge in [0, 0.05) is 22.3 Å². The topological polar surface area (TPSA) is 39.2 Å². The van der Waals surface area contributed by atoms with Gasteiger partial charge in [-0.05, 0) is 50.6 Å². The van der Waals surface area contributed by atoms with E-state index in [1.165, 1.54) is 0 Å². The molecule has 4 heteroatoms. The van der Waals surface area contributed by atoms with Gasteiger partial charge in [0.2, 0.25) is 0 Å². The molecule has 0 fully saturated rings. The van der Waals surface area contributed by atoms with Crippen LogP contribution in [-0.2, 0) is 0 Å². The van der Waals surface area contributed by atoms with E-state index in [2.05, 4.69) is 4.98 Å². The number of aromatic nitrogens is 1. The zero-order valence-electron chi connectivity index (χ0n) is 11.7. The summed E-state index contributed by atoms with van der Waals surface area (Å²) in [5.74, 6) is 0.512. The summed E-state index contributed by atoms with van der Waals surface area (Å²) >= 11 is 5.91. The van der Waals surface area contributed by atoms with Gasteiger partial charge in [0.1, 0.15) is 5.75 Å². The number of hydrogen-bond acceptors (Lipinski definition) is 3. The van der Waals surface area contributed by atoms with E-state index >= 15 is 0 Å². The average Bonchev–Trinajstić information content (AvgIpc) is 2.37. The highest BCUT2D eigenvalue weighted by molar-refractivity contribution is 6.30. The van der Waals surface area contributed by atoms with Crippen molar-refractivity contribution in [1.82, 2.24) is 4.98 Å². The molecule has 104 valence electrons. The fourth-order valence-corrected chi connectivity index (χ4v) is 2.14. The third kappa shape index (κ3) is 3.36. The Bertz CT molecular complexity index is 638. The number of rotatable bonds is 4. The van der Waals surface area contributed by atoms with Crippen molar-refractivity contribution in [2.24, 2.45) is 0 Å². The monoisotopic (exact) mass is 289 g/mol. The van der Waals surface area contributed by atoms with E-state index in [4.69, 9.17) is 16.3 Å². The number of aryl methyl sites for hydroxylation is 1. The first-order valence-corrected chi connectivity index (χ1v) is 6.77. The maximum absolute atomic E-state index is 12.5. The van der Waals surface area contributed by atoms with Crippen molar-refractivity contribution in [3.63, 3.8) is 0 Å². The molecule has 0 saturated carbocycles. The van der Waals surface area contributed by atoms with Gasteiger partial charge >= 0.3 is 0 Å². The first-order chi connectivity index (χ1) is 9.47. The molecule has 0 spiro atoms. The molecule has 0 saturated heterocycles. The highest BCUT2D eigenvalue weighted by Crippen LogP contribution is 2.20. The van der Waals surface area contributed by atoms with E-state index in [0.29, 0.717) is 21.9 Å². The number of pyridine rings is 1. The van der Waals surface area contributed by atoms with Crippen LogP contribution in [-0.4, -0.2) is 16.9 Å². The summed E-state index contributed by atoms with van der Waals surface area (Å²) < 4.78 is 5.55. The predicted molar refractivity (Wildman–Crippen MR) is 79.6 cm³/mol. The molecule has 3 nitrogen and oxygen atoms in total. The molecule has 0 unspecified atom stereocenters. The number of nitrogens with zero attached hydrogens (tertiary/aromatic N) is 1. The van der Waals surface area contributed by atoms with Gasteiger partial charge in [-0.25, -0.2) is 0 Å². The summed E-state index contributed by atoms with van der Waals surface area (Å²) in [7, 11) is 0. The third-order valence-corrected chi connectivity index (χ3v) is 3.02. The lowest BCUT2D eigenvalue weighted by molar-refractivity contribution is 0.103. The van der Waals surface area contributed by atoms with E-state index in [1.54, 1.807) is 36.7 Å². The lowest BCUT2D eigenvalue weighted by atomic mass is 10.0. The van der Waals surface area contributed by atoms with E-state index < -0.39 is 0 Å². The average molecular weight is 290 g/mol. The summed E-state index contributed by atoms with van der Waals surface area (Å²) in [6.07, 6.45) is 3.19. The van der Waals surface area contributed by atoms with Crippen LogP contribution in [0.1, 0.15) is 35.3 Å². The minimum atomic E-state index is -0.0825. The first kappa shape index (κ1) is 14.5. The van der Waals surface area contributed by atoms with Gasteiger partial charge in [-0.3, -0.25) is 9.78 Å². The maximum Gasteiger partial charge on any atom is 0.194 e. The number of ketones is 1. The molecule has 0 N–H and O–H groups in total. The van der Waals surface area contributed by atoms with E-state index in [9.17, 15) is 4.79 Å². The lowest BCUT2D eigenvalue weighted by Gasteiger charge is -2.10. The largest absolute Gasteiger partial charge is 0.489 e. The standard InChI is InChI=1S/C16H16ClNO2/c1-10(2)20-14-7-12(8-18-9-14)16(19)15-5-4-13(17)6-11(15)3/h4-10H,1-3H3. The van der Waals surface area contributed by atoms with Crippen molar-refractivity contribution in [2.45, 2.75) is 26.9 Å². The van der Waals surface area contributed by atoms with Crippen LogP contribution in [0.2, 0.25) is 5.02 Å².